The monoisotopic (exact) mass is 389 g/mol. The van der Waals surface area contributed by atoms with Crippen LogP contribution in [0.5, 0.6) is 0 Å². The van der Waals surface area contributed by atoms with Gasteiger partial charge in [0.2, 0.25) is 0 Å². The molecule has 0 aromatic carbocycles. The van der Waals surface area contributed by atoms with E-state index in [0.29, 0.717) is 37.1 Å². The van der Waals surface area contributed by atoms with Crippen LogP contribution in [-0.2, 0) is 4.79 Å². The van der Waals surface area contributed by atoms with Gasteiger partial charge in [0.1, 0.15) is 5.60 Å². The highest BCUT2D eigenvalue weighted by atomic mass is 16.3. The van der Waals surface area contributed by atoms with Crippen molar-refractivity contribution in [2.24, 2.45) is 28.6 Å². The van der Waals surface area contributed by atoms with Gasteiger partial charge in [0.15, 0.2) is 5.78 Å². The summed E-state index contributed by atoms with van der Waals surface area (Å²) in [6.07, 6.45) is 10.2. The van der Waals surface area contributed by atoms with Crippen LogP contribution in [0.4, 0.5) is 0 Å². The van der Waals surface area contributed by atoms with Crippen LogP contribution in [0.15, 0.2) is 11.6 Å². The predicted octanol–water partition coefficient (Wildman–Crippen LogP) is 3.56. The van der Waals surface area contributed by atoms with E-state index in [1.807, 2.05) is 19.0 Å². The largest absolute Gasteiger partial charge is 0.393 e. The van der Waals surface area contributed by atoms with Gasteiger partial charge in [0.25, 0.3) is 0 Å². The number of carbonyl (C=O) groups is 1. The summed E-state index contributed by atoms with van der Waals surface area (Å²) in [5.74, 6) is 1.69. The zero-order valence-electron chi connectivity index (χ0n) is 18.2. The first-order valence-corrected chi connectivity index (χ1v) is 11.4. The number of hydrogen-bond donors (Lipinski definition) is 2. The quantitative estimate of drug-likeness (QED) is 0.722. The maximum atomic E-state index is 13.1. The Morgan fingerprint density at radius 2 is 1.86 bits per heavy atom. The Labute approximate surface area is 170 Å². The number of fused-ring (bicyclic) bond motifs is 5. The summed E-state index contributed by atoms with van der Waals surface area (Å²) in [6.45, 7) is 5.34. The van der Waals surface area contributed by atoms with Gasteiger partial charge in [0.05, 0.1) is 6.10 Å². The first-order chi connectivity index (χ1) is 13.1. The number of Topliss-reactive ketones (excluding diaryl/α,β-unsaturated/α-hetero) is 1. The van der Waals surface area contributed by atoms with Gasteiger partial charge in [-0.1, -0.05) is 25.5 Å². The highest BCUT2D eigenvalue weighted by Gasteiger charge is 2.65. The smallest absolute Gasteiger partial charge is 0.166 e. The third-order valence-corrected chi connectivity index (χ3v) is 9.48. The fourth-order valence-corrected chi connectivity index (χ4v) is 7.65. The second-order valence-electron chi connectivity index (χ2n) is 11.0. The van der Waals surface area contributed by atoms with E-state index in [-0.39, 0.29) is 22.7 Å². The van der Waals surface area contributed by atoms with Crippen LogP contribution in [0.3, 0.4) is 0 Å². The van der Waals surface area contributed by atoms with E-state index in [1.54, 1.807) is 0 Å². The van der Waals surface area contributed by atoms with Crippen molar-refractivity contribution in [1.82, 2.24) is 4.90 Å². The number of aliphatic hydroxyl groups is 2. The number of carbonyl (C=O) groups excluding carboxylic acids is 1. The minimum Gasteiger partial charge on any atom is -0.393 e. The highest BCUT2D eigenvalue weighted by Crippen LogP contribution is 2.67. The topological polar surface area (TPSA) is 60.8 Å². The molecule has 0 aromatic heterocycles. The molecule has 0 radical (unpaired) electrons. The molecule has 0 spiro atoms. The molecule has 4 rings (SSSR count). The minimum absolute atomic E-state index is 0.0590. The molecule has 2 N–H and O–H groups in total. The van der Waals surface area contributed by atoms with Crippen LogP contribution in [0, 0.1) is 28.6 Å². The lowest BCUT2D eigenvalue weighted by molar-refractivity contribution is -0.161. The molecule has 158 valence electrons. The molecule has 4 heteroatoms. The molecule has 0 aromatic rings. The van der Waals surface area contributed by atoms with Crippen molar-refractivity contribution < 1.29 is 15.0 Å². The molecule has 4 aliphatic rings. The van der Waals surface area contributed by atoms with E-state index in [0.717, 1.165) is 44.9 Å². The number of allylic oxidation sites excluding steroid dienone is 1. The lowest BCUT2D eigenvalue weighted by Crippen LogP contribution is -2.57. The molecule has 0 amide bonds. The number of nitrogens with zero attached hydrogens (tertiary/aromatic N) is 1. The second kappa shape index (κ2) is 6.92. The molecular formula is C24H39NO3. The fourth-order valence-electron chi connectivity index (χ4n) is 7.65. The van der Waals surface area contributed by atoms with Crippen molar-refractivity contribution >= 4 is 5.78 Å². The van der Waals surface area contributed by atoms with Gasteiger partial charge in [-0.15, -0.1) is 0 Å². The molecule has 0 heterocycles. The fraction of sp³-hybridized carbons (Fsp3) is 0.875. The molecule has 0 unspecified atom stereocenters. The van der Waals surface area contributed by atoms with Gasteiger partial charge in [-0.05, 0) is 88.6 Å². The Morgan fingerprint density at radius 3 is 2.57 bits per heavy atom. The van der Waals surface area contributed by atoms with Gasteiger partial charge in [0, 0.05) is 18.4 Å². The highest BCUT2D eigenvalue weighted by molar-refractivity contribution is 5.88. The van der Waals surface area contributed by atoms with E-state index in [2.05, 4.69) is 19.9 Å². The molecule has 28 heavy (non-hydrogen) atoms. The third kappa shape index (κ3) is 2.86. The van der Waals surface area contributed by atoms with Crippen molar-refractivity contribution in [1.29, 1.82) is 0 Å². The normalized spacial score (nSPS) is 47.9. The summed E-state index contributed by atoms with van der Waals surface area (Å²) in [7, 11) is 3.96. The van der Waals surface area contributed by atoms with Crippen LogP contribution in [-0.4, -0.2) is 53.2 Å². The third-order valence-electron chi connectivity index (χ3n) is 9.48. The summed E-state index contributed by atoms with van der Waals surface area (Å²) in [5.41, 5.74) is 0.255. The van der Waals surface area contributed by atoms with E-state index in [4.69, 9.17) is 0 Å². The molecular weight excluding hydrogens is 350 g/mol. The van der Waals surface area contributed by atoms with Crippen molar-refractivity contribution in [2.75, 3.05) is 20.6 Å². The standard InChI is InChI=1S/C24H39NO3/c1-22-11-7-17(26)15-16(22)5-6-18-19(22)8-12-23(2)20(18)9-13-24(23,28)21(27)10-14-25(3)4/h5,17-20,26,28H,6-15H2,1-4H3/t17-,18-,19+,20+,22+,23+,24-/m1/s1. The first-order valence-electron chi connectivity index (χ1n) is 11.4. The van der Waals surface area contributed by atoms with Crippen molar-refractivity contribution in [3.05, 3.63) is 11.6 Å². The lowest BCUT2D eigenvalue weighted by Gasteiger charge is -2.58. The molecule has 3 saturated carbocycles. The Bertz CT molecular complexity index is 673. The Morgan fingerprint density at radius 1 is 1.14 bits per heavy atom. The lowest BCUT2D eigenvalue weighted by atomic mass is 9.46. The van der Waals surface area contributed by atoms with E-state index < -0.39 is 5.60 Å². The Balaban J connectivity index is 1.59. The Hall–Kier alpha value is -0.710. The van der Waals surface area contributed by atoms with E-state index in [9.17, 15) is 15.0 Å². The maximum absolute atomic E-state index is 13.1. The van der Waals surface area contributed by atoms with Gasteiger partial charge < -0.3 is 15.1 Å². The van der Waals surface area contributed by atoms with Crippen molar-refractivity contribution in [3.63, 3.8) is 0 Å². The predicted molar refractivity (Wildman–Crippen MR) is 111 cm³/mol. The maximum Gasteiger partial charge on any atom is 0.166 e. The van der Waals surface area contributed by atoms with Gasteiger partial charge in [-0.2, -0.15) is 0 Å². The molecule has 3 fully saturated rings. The molecule has 0 saturated heterocycles. The van der Waals surface area contributed by atoms with E-state index >= 15 is 0 Å². The summed E-state index contributed by atoms with van der Waals surface area (Å²) in [5, 5.41) is 21.8. The average molecular weight is 390 g/mol. The summed E-state index contributed by atoms with van der Waals surface area (Å²) >= 11 is 0. The second-order valence-corrected chi connectivity index (χ2v) is 11.0. The van der Waals surface area contributed by atoms with Crippen LogP contribution >= 0.6 is 0 Å². The molecule has 4 aliphatic carbocycles. The molecule has 0 aliphatic heterocycles. The van der Waals surface area contributed by atoms with Gasteiger partial charge >= 0.3 is 0 Å². The molecule has 0 bridgehead atoms. The number of aliphatic hydroxyl groups excluding tert-OH is 1. The van der Waals surface area contributed by atoms with Gasteiger partial charge in [-0.3, -0.25) is 4.79 Å². The number of hydrogen-bond acceptors (Lipinski definition) is 4. The zero-order chi connectivity index (χ0) is 20.3. The van der Waals surface area contributed by atoms with Gasteiger partial charge in [-0.25, -0.2) is 0 Å². The zero-order valence-corrected chi connectivity index (χ0v) is 18.2. The van der Waals surface area contributed by atoms with Crippen LogP contribution in [0.25, 0.3) is 0 Å². The van der Waals surface area contributed by atoms with Crippen LogP contribution in [0.1, 0.15) is 71.6 Å². The summed E-state index contributed by atoms with van der Waals surface area (Å²) in [4.78, 5) is 15.1. The summed E-state index contributed by atoms with van der Waals surface area (Å²) in [6, 6.07) is 0. The first kappa shape index (κ1) is 20.6. The summed E-state index contributed by atoms with van der Waals surface area (Å²) < 4.78 is 0. The van der Waals surface area contributed by atoms with Crippen molar-refractivity contribution in [2.45, 2.75) is 83.3 Å². The van der Waals surface area contributed by atoms with Crippen LogP contribution in [0.2, 0.25) is 0 Å². The minimum atomic E-state index is -1.15. The number of rotatable bonds is 4. The Kier molecular flexibility index (Phi) is 5.08. The van der Waals surface area contributed by atoms with E-state index in [1.165, 1.54) is 5.57 Å². The SMILES string of the molecule is CN(C)CCC(=O)[C@]1(O)CC[C@H]2[C@@H]3CC=C4C[C@H](O)CC[C@]4(C)[C@H]3CC[C@@]21C. The molecule has 4 nitrogen and oxygen atoms in total. The molecule has 7 atom stereocenters. The number of ketones is 1. The van der Waals surface area contributed by atoms with Crippen molar-refractivity contribution in [3.8, 4) is 0 Å². The average Bonchev–Trinajstić information content (AvgIpc) is 2.92. The van der Waals surface area contributed by atoms with Crippen LogP contribution < -0.4 is 0 Å².